The summed E-state index contributed by atoms with van der Waals surface area (Å²) < 4.78 is 11.9. The number of carbonyl (C=O) groups excluding carboxylic acids is 1. The lowest BCUT2D eigenvalue weighted by Gasteiger charge is -2.32. The van der Waals surface area contributed by atoms with Gasteiger partial charge in [-0.2, -0.15) is 0 Å². The van der Waals surface area contributed by atoms with E-state index in [2.05, 4.69) is 0 Å². The van der Waals surface area contributed by atoms with Crippen molar-refractivity contribution in [1.29, 1.82) is 0 Å². The monoisotopic (exact) mass is 222 g/mol. The molecule has 0 bridgehead atoms. The molecule has 0 saturated carbocycles. The molecule has 1 saturated heterocycles. The van der Waals surface area contributed by atoms with Gasteiger partial charge in [-0.25, -0.2) is 0 Å². The van der Waals surface area contributed by atoms with E-state index < -0.39 is 0 Å². The highest BCUT2D eigenvalue weighted by molar-refractivity contribution is 6.54. The van der Waals surface area contributed by atoms with Crippen molar-refractivity contribution in [1.82, 2.24) is 0 Å². The third kappa shape index (κ3) is 1.96. The van der Waals surface area contributed by atoms with Crippen LogP contribution in [0.15, 0.2) is 11.5 Å². The number of carbonyl (C=O) groups is 1. The van der Waals surface area contributed by atoms with Crippen molar-refractivity contribution in [3.8, 4) is 0 Å². The molecule has 0 N–H and O–H groups in total. The number of rotatable bonds is 1. The Balaban J connectivity index is 2.12. The molecule has 3 nitrogen and oxygen atoms in total. The maximum atomic E-state index is 11.2. The molecule has 4 heteroatoms. The van der Waals surface area contributed by atoms with E-state index in [1.165, 1.54) is 0 Å². The van der Waals surface area contributed by atoms with Crippen molar-refractivity contribution in [3.05, 3.63) is 11.5 Å². The SMILES string of the molecule is CC1(C)OB(C2=CCC(=O)CC2)OC1(C)C. The third-order valence-electron chi connectivity index (χ3n) is 3.84. The van der Waals surface area contributed by atoms with Crippen LogP contribution in [-0.2, 0) is 14.1 Å². The maximum absolute atomic E-state index is 11.2. The van der Waals surface area contributed by atoms with Gasteiger partial charge in [0.15, 0.2) is 0 Å². The minimum atomic E-state index is -0.292. The van der Waals surface area contributed by atoms with Gasteiger partial charge < -0.3 is 9.31 Å². The molecule has 2 aliphatic rings. The van der Waals surface area contributed by atoms with Crippen molar-refractivity contribution in [2.75, 3.05) is 0 Å². The van der Waals surface area contributed by atoms with Crippen LogP contribution in [0.4, 0.5) is 0 Å². The van der Waals surface area contributed by atoms with E-state index in [4.69, 9.17) is 9.31 Å². The Morgan fingerprint density at radius 1 is 1.12 bits per heavy atom. The molecule has 0 amide bonds. The lowest BCUT2D eigenvalue weighted by molar-refractivity contribution is -0.118. The van der Waals surface area contributed by atoms with Crippen molar-refractivity contribution in [2.45, 2.75) is 58.2 Å². The predicted molar refractivity (Wildman–Crippen MR) is 63.0 cm³/mol. The lowest BCUT2D eigenvalue weighted by Crippen LogP contribution is -2.41. The summed E-state index contributed by atoms with van der Waals surface area (Å²) in [6, 6.07) is 0. The van der Waals surface area contributed by atoms with Gasteiger partial charge in [0.1, 0.15) is 5.78 Å². The van der Waals surface area contributed by atoms with Gasteiger partial charge in [-0.05, 0) is 39.6 Å². The molecule has 0 spiro atoms. The molecule has 2 rings (SSSR count). The first-order valence-electron chi connectivity index (χ1n) is 5.88. The molecule has 1 aliphatic carbocycles. The first kappa shape index (κ1) is 11.9. The second kappa shape index (κ2) is 3.71. The van der Waals surface area contributed by atoms with Gasteiger partial charge in [0, 0.05) is 12.8 Å². The molecule has 0 aromatic heterocycles. The number of allylic oxidation sites excluding steroid dienone is 2. The van der Waals surface area contributed by atoms with Gasteiger partial charge >= 0.3 is 7.12 Å². The first-order chi connectivity index (χ1) is 7.32. The Morgan fingerprint density at radius 2 is 1.69 bits per heavy atom. The minimum Gasteiger partial charge on any atom is -0.400 e. The Labute approximate surface area is 97.3 Å². The summed E-state index contributed by atoms with van der Waals surface area (Å²) in [7, 11) is -0.266. The van der Waals surface area contributed by atoms with Crippen molar-refractivity contribution < 1.29 is 14.1 Å². The summed E-state index contributed by atoms with van der Waals surface area (Å²) >= 11 is 0. The van der Waals surface area contributed by atoms with E-state index in [-0.39, 0.29) is 18.3 Å². The maximum Gasteiger partial charge on any atom is 0.490 e. The quantitative estimate of drug-likeness (QED) is 0.638. The first-order valence-corrected chi connectivity index (χ1v) is 5.88. The molecule has 16 heavy (non-hydrogen) atoms. The summed E-state index contributed by atoms with van der Waals surface area (Å²) in [5.41, 5.74) is 0.540. The van der Waals surface area contributed by atoms with Crippen LogP contribution in [0.2, 0.25) is 0 Å². The zero-order chi connectivity index (χ0) is 12.0. The smallest absolute Gasteiger partial charge is 0.400 e. The van der Waals surface area contributed by atoms with Gasteiger partial charge in [0.2, 0.25) is 0 Å². The highest BCUT2D eigenvalue weighted by Gasteiger charge is 2.52. The molecule has 1 heterocycles. The summed E-state index contributed by atoms with van der Waals surface area (Å²) in [6.45, 7) is 8.17. The molecule has 0 aromatic rings. The molecule has 0 radical (unpaired) electrons. The normalized spacial score (nSPS) is 28.1. The Hall–Kier alpha value is -0.605. The highest BCUT2D eigenvalue weighted by Crippen LogP contribution is 2.39. The minimum absolute atomic E-state index is 0.266. The van der Waals surface area contributed by atoms with Crippen LogP contribution < -0.4 is 0 Å². The highest BCUT2D eigenvalue weighted by atomic mass is 16.7. The summed E-state index contributed by atoms with van der Waals surface area (Å²) in [5, 5.41) is 0. The van der Waals surface area contributed by atoms with E-state index in [1.54, 1.807) is 0 Å². The van der Waals surface area contributed by atoms with Gasteiger partial charge in [-0.1, -0.05) is 6.08 Å². The van der Waals surface area contributed by atoms with Crippen molar-refractivity contribution in [2.24, 2.45) is 0 Å². The molecule has 0 unspecified atom stereocenters. The standard InChI is InChI=1S/C12H19BO3/c1-11(2)12(3,4)16-13(15-11)9-5-7-10(14)8-6-9/h5H,6-8H2,1-4H3. The predicted octanol–water partition coefficient (Wildman–Crippen LogP) is 2.30. The van der Waals surface area contributed by atoms with Crippen LogP contribution in [0.25, 0.3) is 0 Å². The van der Waals surface area contributed by atoms with E-state index in [1.807, 2.05) is 33.8 Å². The zero-order valence-electron chi connectivity index (χ0n) is 10.5. The molecule has 1 aliphatic heterocycles. The van der Waals surface area contributed by atoms with Gasteiger partial charge in [-0.15, -0.1) is 0 Å². The number of hydrogen-bond acceptors (Lipinski definition) is 3. The fourth-order valence-corrected chi connectivity index (χ4v) is 1.94. The van der Waals surface area contributed by atoms with E-state index in [0.29, 0.717) is 18.6 Å². The van der Waals surface area contributed by atoms with Crippen LogP contribution >= 0.6 is 0 Å². The Bertz CT molecular complexity index is 328. The van der Waals surface area contributed by atoms with Crippen LogP contribution in [0.3, 0.4) is 0 Å². The topological polar surface area (TPSA) is 35.5 Å². The number of Topliss-reactive ketones (excluding diaryl/α,β-unsaturated/α-hetero) is 1. The Kier molecular flexibility index (Phi) is 2.75. The van der Waals surface area contributed by atoms with Crippen LogP contribution in [0.5, 0.6) is 0 Å². The second-order valence-electron chi connectivity index (χ2n) is 5.61. The molecule has 0 atom stereocenters. The zero-order valence-corrected chi connectivity index (χ0v) is 10.5. The average Bonchev–Trinajstić information content (AvgIpc) is 2.37. The fraction of sp³-hybridized carbons (Fsp3) is 0.750. The number of ketones is 1. The molecular weight excluding hydrogens is 203 g/mol. The largest absolute Gasteiger partial charge is 0.490 e. The number of hydrogen-bond donors (Lipinski definition) is 0. The summed E-state index contributed by atoms with van der Waals surface area (Å²) in [5.74, 6) is 0.306. The van der Waals surface area contributed by atoms with Gasteiger partial charge in [-0.3, -0.25) is 4.79 Å². The molecule has 88 valence electrons. The van der Waals surface area contributed by atoms with Gasteiger partial charge in [0.05, 0.1) is 11.2 Å². The average molecular weight is 222 g/mol. The van der Waals surface area contributed by atoms with Crippen LogP contribution in [0.1, 0.15) is 47.0 Å². The molecule has 0 aromatic carbocycles. The van der Waals surface area contributed by atoms with E-state index >= 15 is 0 Å². The van der Waals surface area contributed by atoms with E-state index in [9.17, 15) is 4.79 Å². The molecular formula is C12H19BO3. The fourth-order valence-electron chi connectivity index (χ4n) is 1.94. The molecule has 1 fully saturated rings. The summed E-state index contributed by atoms with van der Waals surface area (Å²) in [6.07, 6.45) is 3.89. The second-order valence-corrected chi connectivity index (χ2v) is 5.61. The van der Waals surface area contributed by atoms with E-state index in [0.717, 1.165) is 11.9 Å². The third-order valence-corrected chi connectivity index (χ3v) is 3.84. The van der Waals surface area contributed by atoms with Gasteiger partial charge in [0.25, 0.3) is 0 Å². The Morgan fingerprint density at radius 3 is 2.12 bits per heavy atom. The van der Waals surface area contributed by atoms with Crippen LogP contribution in [0, 0.1) is 0 Å². The summed E-state index contributed by atoms with van der Waals surface area (Å²) in [4.78, 5) is 11.2. The van der Waals surface area contributed by atoms with Crippen LogP contribution in [-0.4, -0.2) is 24.1 Å². The van der Waals surface area contributed by atoms with Crippen molar-refractivity contribution in [3.63, 3.8) is 0 Å². The lowest BCUT2D eigenvalue weighted by atomic mass is 9.72. The van der Waals surface area contributed by atoms with Crippen molar-refractivity contribution >= 4 is 12.9 Å².